The molecule has 2 N–H and O–H groups in total. The van der Waals surface area contributed by atoms with Crippen LogP contribution in [0.3, 0.4) is 0 Å². The maximum Gasteiger partial charge on any atom is 0.181 e. The Kier molecular flexibility index (Phi) is 2.65. The second kappa shape index (κ2) is 4.30. The van der Waals surface area contributed by atoms with Gasteiger partial charge in [-0.05, 0) is 32.0 Å². The van der Waals surface area contributed by atoms with E-state index in [1.165, 1.54) is 5.56 Å². The van der Waals surface area contributed by atoms with Crippen molar-refractivity contribution < 1.29 is 0 Å². The van der Waals surface area contributed by atoms with Crippen molar-refractivity contribution in [3.63, 3.8) is 0 Å². The molecule has 0 atom stereocenters. The minimum Gasteiger partial charge on any atom is -0.316 e. The molecule has 4 nitrogen and oxygen atoms in total. The van der Waals surface area contributed by atoms with Gasteiger partial charge in [0.15, 0.2) is 5.82 Å². The molecule has 0 spiro atoms. The van der Waals surface area contributed by atoms with Gasteiger partial charge in [-0.3, -0.25) is 5.10 Å². The van der Waals surface area contributed by atoms with Gasteiger partial charge in [0.25, 0.3) is 0 Å². The number of nitrogens with zero attached hydrogens (tertiary/aromatic N) is 2. The predicted octanol–water partition coefficient (Wildman–Crippen LogP) is 1.54. The first-order valence-electron chi connectivity index (χ1n) is 6.00. The Morgan fingerprint density at radius 2 is 2.24 bits per heavy atom. The van der Waals surface area contributed by atoms with Gasteiger partial charge in [0, 0.05) is 12.0 Å². The van der Waals surface area contributed by atoms with Gasteiger partial charge in [-0.2, -0.15) is 5.10 Å². The molecule has 0 bridgehead atoms. The highest BCUT2D eigenvalue weighted by Gasteiger charge is 2.19. The third-order valence-corrected chi connectivity index (χ3v) is 3.16. The standard InChI is InChI=1S/C13H16N4/c1-9-3-2-4-11(5-9)13-15-12(16-17-13)6-10-7-14-8-10/h2-5,10,14H,6-8H2,1H3,(H,15,16,17). The maximum absolute atomic E-state index is 4.55. The summed E-state index contributed by atoms with van der Waals surface area (Å²) >= 11 is 0. The SMILES string of the molecule is Cc1cccc(-c2n[nH]c(CC3CNC3)n2)c1. The van der Waals surface area contributed by atoms with E-state index >= 15 is 0 Å². The van der Waals surface area contributed by atoms with E-state index in [9.17, 15) is 0 Å². The van der Waals surface area contributed by atoms with Crippen LogP contribution in [0.15, 0.2) is 24.3 Å². The largest absolute Gasteiger partial charge is 0.316 e. The number of aromatic nitrogens is 3. The normalized spacial score (nSPS) is 15.8. The van der Waals surface area contributed by atoms with Crippen molar-refractivity contribution in [3.8, 4) is 11.4 Å². The van der Waals surface area contributed by atoms with Crippen LogP contribution in [0.5, 0.6) is 0 Å². The fraction of sp³-hybridized carbons (Fsp3) is 0.385. The van der Waals surface area contributed by atoms with E-state index in [0.29, 0.717) is 5.92 Å². The molecule has 1 aliphatic heterocycles. The van der Waals surface area contributed by atoms with Crippen molar-refractivity contribution in [1.82, 2.24) is 20.5 Å². The molecule has 0 saturated carbocycles. The van der Waals surface area contributed by atoms with Gasteiger partial charge in [0.05, 0.1) is 0 Å². The summed E-state index contributed by atoms with van der Waals surface area (Å²) in [6.45, 7) is 4.28. The molecular formula is C13H16N4. The molecule has 1 aliphatic rings. The molecule has 0 amide bonds. The summed E-state index contributed by atoms with van der Waals surface area (Å²) in [4.78, 5) is 4.55. The first-order chi connectivity index (χ1) is 8.31. The summed E-state index contributed by atoms with van der Waals surface area (Å²) in [6, 6.07) is 8.27. The highest BCUT2D eigenvalue weighted by Crippen LogP contribution is 2.17. The highest BCUT2D eigenvalue weighted by atomic mass is 15.2. The molecule has 4 heteroatoms. The molecule has 3 rings (SSSR count). The number of hydrogen-bond donors (Lipinski definition) is 2. The van der Waals surface area contributed by atoms with Gasteiger partial charge in [-0.25, -0.2) is 4.98 Å². The molecule has 88 valence electrons. The Hall–Kier alpha value is -1.68. The van der Waals surface area contributed by atoms with E-state index in [4.69, 9.17) is 0 Å². The molecule has 2 aromatic rings. The van der Waals surface area contributed by atoms with Crippen LogP contribution in [0.2, 0.25) is 0 Å². The maximum atomic E-state index is 4.55. The Morgan fingerprint density at radius 3 is 2.94 bits per heavy atom. The number of H-pyrrole nitrogens is 1. The molecule has 0 aliphatic carbocycles. The van der Waals surface area contributed by atoms with Crippen molar-refractivity contribution in [2.75, 3.05) is 13.1 Å². The summed E-state index contributed by atoms with van der Waals surface area (Å²) in [7, 11) is 0. The number of aryl methyl sites for hydroxylation is 1. The molecule has 17 heavy (non-hydrogen) atoms. The van der Waals surface area contributed by atoms with Gasteiger partial charge in [0.1, 0.15) is 5.82 Å². The first kappa shape index (κ1) is 10.5. The van der Waals surface area contributed by atoms with E-state index in [2.05, 4.69) is 39.6 Å². The first-order valence-corrected chi connectivity index (χ1v) is 6.00. The van der Waals surface area contributed by atoms with Gasteiger partial charge < -0.3 is 5.32 Å². The zero-order valence-electron chi connectivity index (χ0n) is 9.90. The molecule has 0 unspecified atom stereocenters. The molecule has 1 saturated heterocycles. The quantitative estimate of drug-likeness (QED) is 0.838. The number of nitrogens with one attached hydrogen (secondary N) is 2. The summed E-state index contributed by atoms with van der Waals surface area (Å²) in [5, 5.41) is 10.6. The van der Waals surface area contributed by atoms with E-state index in [1.807, 2.05) is 12.1 Å². The highest BCUT2D eigenvalue weighted by molar-refractivity contribution is 5.55. The van der Waals surface area contributed by atoms with Crippen molar-refractivity contribution in [2.24, 2.45) is 5.92 Å². The topological polar surface area (TPSA) is 53.6 Å². The van der Waals surface area contributed by atoms with Crippen LogP contribution in [-0.4, -0.2) is 28.3 Å². The second-order valence-electron chi connectivity index (χ2n) is 4.70. The van der Waals surface area contributed by atoms with Crippen molar-refractivity contribution in [3.05, 3.63) is 35.7 Å². The Labute approximate surface area is 100 Å². The monoisotopic (exact) mass is 228 g/mol. The molecule has 1 aromatic carbocycles. The number of aromatic amines is 1. The Morgan fingerprint density at radius 1 is 1.35 bits per heavy atom. The summed E-state index contributed by atoms with van der Waals surface area (Å²) in [6.07, 6.45) is 0.992. The van der Waals surface area contributed by atoms with Gasteiger partial charge in [0.2, 0.25) is 0 Å². The van der Waals surface area contributed by atoms with Crippen LogP contribution in [0.25, 0.3) is 11.4 Å². The lowest BCUT2D eigenvalue weighted by molar-refractivity contribution is 0.341. The average Bonchev–Trinajstić information content (AvgIpc) is 2.72. The molecule has 1 fully saturated rings. The zero-order valence-corrected chi connectivity index (χ0v) is 9.90. The lowest BCUT2D eigenvalue weighted by Crippen LogP contribution is -2.43. The van der Waals surface area contributed by atoms with E-state index in [-0.39, 0.29) is 0 Å². The molecule has 0 radical (unpaired) electrons. The molecule has 2 heterocycles. The van der Waals surface area contributed by atoms with Crippen molar-refractivity contribution in [2.45, 2.75) is 13.3 Å². The lowest BCUT2D eigenvalue weighted by Gasteiger charge is -2.25. The summed E-state index contributed by atoms with van der Waals surface area (Å²) in [5.74, 6) is 2.51. The third kappa shape index (κ3) is 2.22. The van der Waals surface area contributed by atoms with Crippen LogP contribution in [-0.2, 0) is 6.42 Å². The summed E-state index contributed by atoms with van der Waals surface area (Å²) in [5.41, 5.74) is 2.32. The van der Waals surface area contributed by atoms with Crippen molar-refractivity contribution >= 4 is 0 Å². The lowest BCUT2D eigenvalue weighted by atomic mass is 9.99. The van der Waals surface area contributed by atoms with E-state index < -0.39 is 0 Å². The Bertz CT molecular complexity index is 514. The fourth-order valence-electron chi connectivity index (χ4n) is 2.07. The smallest absolute Gasteiger partial charge is 0.181 e. The van der Waals surface area contributed by atoms with Crippen LogP contribution < -0.4 is 5.32 Å². The minimum atomic E-state index is 0.716. The van der Waals surface area contributed by atoms with Crippen LogP contribution in [0.4, 0.5) is 0 Å². The zero-order chi connectivity index (χ0) is 11.7. The van der Waals surface area contributed by atoms with Gasteiger partial charge in [-0.15, -0.1) is 0 Å². The number of rotatable bonds is 3. The number of hydrogen-bond acceptors (Lipinski definition) is 3. The van der Waals surface area contributed by atoms with Crippen LogP contribution in [0, 0.1) is 12.8 Å². The third-order valence-electron chi connectivity index (χ3n) is 3.16. The van der Waals surface area contributed by atoms with Gasteiger partial charge >= 0.3 is 0 Å². The molecular weight excluding hydrogens is 212 g/mol. The van der Waals surface area contributed by atoms with Crippen LogP contribution >= 0.6 is 0 Å². The van der Waals surface area contributed by atoms with Crippen LogP contribution in [0.1, 0.15) is 11.4 Å². The van der Waals surface area contributed by atoms with E-state index in [1.54, 1.807) is 0 Å². The van der Waals surface area contributed by atoms with Gasteiger partial charge in [-0.1, -0.05) is 23.8 Å². The average molecular weight is 228 g/mol. The summed E-state index contributed by atoms with van der Waals surface area (Å²) < 4.78 is 0. The molecule has 1 aromatic heterocycles. The van der Waals surface area contributed by atoms with E-state index in [0.717, 1.165) is 36.7 Å². The Balaban J connectivity index is 1.79. The van der Waals surface area contributed by atoms with Crippen molar-refractivity contribution in [1.29, 1.82) is 0 Å². The fourth-order valence-corrected chi connectivity index (χ4v) is 2.07. The number of benzene rings is 1. The minimum absolute atomic E-state index is 0.716. The second-order valence-corrected chi connectivity index (χ2v) is 4.70. The predicted molar refractivity (Wildman–Crippen MR) is 66.6 cm³/mol.